The first-order valence-electron chi connectivity index (χ1n) is 23.4. The van der Waals surface area contributed by atoms with Crippen LogP contribution in [0, 0.1) is 11.8 Å². The van der Waals surface area contributed by atoms with Gasteiger partial charge in [-0.1, -0.05) is 67.8 Å². The summed E-state index contributed by atoms with van der Waals surface area (Å²) in [6.45, 7) is 6.68. The average Bonchev–Trinajstić information content (AvgIpc) is 3.81. The molecule has 0 bridgehead atoms. The minimum absolute atomic E-state index is 0.0336. The third kappa shape index (κ3) is 18.5. The maximum absolute atomic E-state index is 14.8. The number of amides is 11. The molecule has 0 aliphatic carbocycles. The number of likely N-dealkylation sites (tertiary alicyclic amines) is 1. The van der Waals surface area contributed by atoms with Crippen LogP contribution in [0.1, 0.15) is 78.2 Å². The average molecular weight is 1040 g/mol. The molecule has 2 heterocycles. The van der Waals surface area contributed by atoms with E-state index in [4.69, 9.17) is 17.2 Å². The highest BCUT2D eigenvalue weighted by Gasteiger charge is 2.43. The van der Waals surface area contributed by atoms with Crippen LogP contribution in [-0.4, -0.2) is 167 Å². The summed E-state index contributed by atoms with van der Waals surface area (Å²) in [4.78, 5) is 151. The number of carbonyl (C=O) groups is 11. The molecular formula is C45H70N12O12S2. The van der Waals surface area contributed by atoms with Gasteiger partial charge in [-0.2, -0.15) is 0 Å². The fourth-order valence-electron chi connectivity index (χ4n) is 7.83. The molecule has 2 fully saturated rings. The number of likely N-dealkylation sites (N-methyl/N-ethyl adjacent to an activating group) is 2. The van der Waals surface area contributed by atoms with Crippen molar-refractivity contribution in [3.05, 3.63) is 29.8 Å². The summed E-state index contributed by atoms with van der Waals surface area (Å²) in [6.07, 6.45) is -0.580. The van der Waals surface area contributed by atoms with E-state index in [-0.39, 0.29) is 55.4 Å². The first kappa shape index (κ1) is 59.2. The van der Waals surface area contributed by atoms with E-state index >= 15 is 0 Å². The number of phenolic OH excluding ortho intramolecular Hbond substituents is 1. The molecule has 1 aromatic carbocycles. The minimum Gasteiger partial charge on any atom is -0.508 e. The molecule has 11 amide bonds. The van der Waals surface area contributed by atoms with Gasteiger partial charge >= 0.3 is 0 Å². The maximum atomic E-state index is 14.8. The fraction of sp³-hybridized carbons (Fsp3) is 0.622. The molecule has 0 unspecified atom stereocenters. The predicted octanol–water partition coefficient (Wildman–Crippen LogP) is -3.01. The van der Waals surface area contributed by atoms with E-state index in [1.54, 1.807) is 26.0 Å². The van der Waals surface area contributed by atoms with E-state index in [9.17, 15) is 57.8 Å². The van der Waals surface area contributed by atoms with Crippen LogP contribution in [0.2, 0.25) is 0 Å². The van der Waals surface area contributed by atoms with Gasteiger partial charge in [0, 0.05) is 37.9 Å². The zero-order chi connectivity index (χ0) is 53.1. The van der Waals surface area contributed by atoms with Gasteiger partial charge in [0.1, 0.15) is 48.0 Å². The Morgan fingerprint density at radius 3 is 2.01 bits per heavy atom. The van der Waals surface area contributed by atoms with Gasteiger partial charge in [0.15, 0.2) is 0 Å². The summed E-state index contributed by atoms with van der Waals surface area (Å²) in [6, 6.07) is -4.48. The Morgan fingerprint density at radius 1 is 0.803 bits per heavy atom. The molecule has 394 valence electrons. The smallest absolute Gasteiger partial charge is 0.246 e. The number of nitrogens with one attached hydrogen (secondary N) is 7. The van der Waals surface area contributed by atoms with Crippen LogP contribution in [0.5, 0.6) is 5.75 Å². The summed E-state index contributed by atoms with van der Waals surface area (Å²) in [7, 11) is 5.02. The van der Waals surface area contributed by atoms with Crippen molar-refractivity contribution in [2.45, 2.75) is 127 Å². The number of nitrogens with zero attached hydrogens (tertiary/aromatic N) is 2. The largest absolute Gasteiger partial charge is 0.508 e. The van der Waals surface area contributed by atoms with Crippen molar-refractivity contribution in [3.8, 4) is 5.75 Å². The van der Waals surface area contributed by atoms with Crippen LogP contribution in [0.4, 0.5) is 0 Å². The molecule has 26 heteroatoms. The van der Waals surface area contributed by atoms with Crippen molar-refractivity contribution in [1.29, 1.82) is 0 Å². The first-order chi connectivity index (χ1) is 33.5. The fourth-order valence-corrected chi connectivity index (χ4v) is 10.3. The molecule has 0 spiro atoms. The molecule has 71 heavy (non-hydrogen) atoms. The first-order valence-corrected chi connectivity index (χ1v) is 25.9. The van der Waals surface area contributed by atoms with Gasteiger partial charge in [-0.3, -0.25) is 52.7 Å². The van der Waals surface area contributed by atoms with Gasteiger partial charge in [0.2, 0.25) is 65.0 Å². The number of hydrogen-bond donors (Lipinski definition) is 11. The number of phenols is 1. The summed E-state index contributed by atoms with van der Waals surface area (Å²) in [5.41, 5.74) is 16.8. The molecule has 14 N–H and O–H groups in total. The Morgan fingerprint density at radius 2 is 1.42 bits per heavy atom. The van der Waals surface area contributed by atoms with E-state index in [1.165, 1.54) is 31.1 Å². The highest BCUT2D eigenvalue weighted by Crippen LogP contribution is 2.28. The Kier molecular flexibility index (Phi) is 23.9. The van der Waals surface area contributed by atoms with Crippen molar-refractivity contribution >= 4 is 86.6 Å². The second-order valence-electron chi connectivity index (χ2n) is 18.0. The third-order valence-corrected chi connectivity index (χ3v) is 14.5. The highest BCUT2D eigenvalue weighted by molar-refractivity contribution is 8.76. The summed E-state index contributed by atoms with van der Waals surface area (Å²) >= 11 is 0. The van der Waals surface area contributed by atoms with Gasteiger partial charge in [0.05, 0.1) is 19.0 Å². The Labute approximate surface area is 420 Å². The zero-order valence-corrected chi connectivity index (χ0v) is 42.6. The van der Waals surface area contributed by atoms with Gasteiger partial charge in [0.25, 0.3) is 0 Å². The van der Waals surface area contributed by atoms with Crippen molar-refractivity contribution in [2.24, 2.45) is 29.0 Å². The van der Waals surface area contributed by atoms with Crippen LogP contribution in [0.3, 0.4) is 0 Å². The lowest BCUT2D eigenvalue weighted by atomic mass is 9.96. The predicted molar refractivity (Wildman–Crippen MR) is 264 cm³/mol. The molecule has 2 aliphatic rings. The van der Waals surface area contributed by atoms with Crippen molar-refractivity contribution in [1.82, 2.24) is 47.0 Å². The Hall–Kier alpha value is -6.15. The van der Waals surface area contributed by atoms with Crippen molar-refractivity contribution in [3.63, 3.8) is 0 Å². The van der Waals surface area contributed by atoms with Gasteiger partial charge in [-0.05, 0) is 62.3 Å². The van der Waals surface area contributed by atoms with E-state index in [2.05, 4.69) is 37.2 Å². The second-order valence-corrected chi connectivity index (χ2v) is 20.6. The molecule has 2 aliphatic heterocycles. The summed E-state index contributed by atoms with van der Waals surface area (Å²) < 4.78 is 0. The van der Waals surface area contributed by atoms with Crippen LogP contribution < -0.4 is 54.4 Å². The van der Waals surface area contributed by atoms with E-state index in [0.717, 1.165) is 26.5 Å². The van der Waals surface area contributed by atoms with E-state index in [1.807, 2.05) is 13.8 Å². The van der Waals surface area contributed by atoms with Crippen LogP contribution in [-0.2, 0) is 59.2 Å². The number of nitrogens with two attached hydrogens (primary N) is 3. The monoisotopic (exact) mass is 1030 g/mol. The summed E-state index contributed by atoms with van der Waals surface area (Å²) in [5.74, 6) is -9.72. The van der Waals surface area contributed by atoms with Gasteiger partial charge < -0.3 is 69.3 Å². The van der Waals surface area contributed by atoms with Crippen LogP contribution >= 0.6 is 21.6 Å². The quantitative estimate of drug-likeness (QED) is 0.0653. The van der Waals surface area contributed by atoms with Crippen molar-refractivity contribution < 1.29 is 57.8 Å². The number of rotatable bonds is 18. The molecule has 0 radical (unpaired) electrons. The van der Waals surface area contributed by atoms with Crippen LogP contribution in [0.15, 0.2) is 24.3 Å². The van der Waals surface area contributed by atoms with Gasteiger partial charge in [-0.15, -0.1) is 0 Å². The molecule has 0 saturated carbocycles. The molecular weight excluding hydrogens is 965 g/mol. The third-order valence-electron chi connectivity index (χ3n) is 12.1. The standard InChI is InChI=1S/C45H70N12O12S2/c1-7-24(4)37-43(67)51-27(14-15-34(46)59)39(63)54-30(19-35(47)60)44(68)56(6)33(45(69)57-16-8-9-32(57)42(66)53-28(17-23(2)3)38(62)50-20-36(48)61)22-71-70-21-31(49-5)41(65)52-29(40(64)55-37)18-25-10-12-26(58)13-11-25/h10-13,23-24,27-33,37,49,58H,7-9,14-22H2,1-6H3,(H2,46,59)(H2,47,60)(H2,48,61)(H,50,62)(H,51,67)(H,52,65)(H,53,66)(H,54,63)(H,55,64)/t24-,27-,28-,29-,30-,31-,32-,33-,37-/m0/s1. The zero-order valence-electron chi connectivity index (χ0n) is 40.9. The van der Waals surface area contributed by atoms with Crippen molar-refractivity contribution in [2.75, 3.05) is 38.7 Å². The molecule has 0 aromatic heterocycles. The molecule has 9 atom stereocenters. The Balaban J connectivity index is 2.12. The number of benzene rings is 1. The second kappa shape index (κ2) is 28.6. The summed E-state index contributed by atoms with van der Waals surface area (Å²) in [5, 5.41) is 28.4. The molecule has 3 rings (SSSR count). The number of carbonyl (C=O) groups excluding carboxylic acids is 11. The topological polar surface area (TPSA) is 377 Å². The molecule has 1 aromatic rings. The highest BCUT2D eigenvalue weighted by atomic mass is 33.1. The SMILES string of the molecule is CC[C@H](C)[C@@H]1NC(=O)[C@H](Cc2ccc(O)cc2)NC(=O)[C@@H](NC)CSSC[C@@H](C(=O)N2CCC[C@H]2C(=O)N[C@@H](CC(C)C)C(=O)NCC(N)=O)N(C)C(=O)[C@H](CC(N)=O)NC(=O)[C@H](CCC(N)=O)NC1=O. The van der Waals surface area contributed by atoms with E-state index in [0.29, 0.717) is 18.4 Å². The lowest BCUT2D eigenvalue weighted by Gasteiger charge is -2.35. The molecule has 2 saturated heterocycles. The number of primary amides is 3. The molecule has 24 nitrogen and oxygen atoms in total. The number of aromatic hydroxyl groups is 1. The lowest BCUT2D eigenvalue weighted by molar-refractivity contribution is -0.148. The van der Waals surface area contributed by atoms with Gasteiger partial charge in [-0.25, -0.2) is 0 Å². The Bertz CT molecular complexity index is 2100. The number of hydrogen-bond acceptors (Lipinski definition) is 15. The minimum atomic E-state index is -1.73. The lowest BCUT2D eigenvalue weighted by Crippen LogP contribution is -2.62. The van der Waals surface area contributed by atoms with Crippen LogP contribution in [0.25, 0.3) is 0 Å². The van der Waals surface area contributed by atoms with E-state index < -0.39 is 139 Å². The maximum Gasteiger partial charge on any atom is 0.246 e. The normalized spacial score (nSPS) is 24.1.